The summed E-state index contributed by atoms with van der Waals surface area (Å²) in [5, 5.41) is 4.37. The van der Waals surface area contributed by atoms with Gasteiger partial charge < -0.3 is 10.1 Å². The molecule has 1 heterocycles. The quantitative estimate of drug-likeness (QED) is 0.857. The Bertz CT molecular complexity index is 468. The number of esters is 1. The molecule has 1 atom stereocenters. The van der Waals surface area contributed by atoms with Crippen LogP contribution in [0.15, 0.2) is 0 Å². The number of carbonyl (C=O) groups is 1. The van der Waals surface area contributed by atoms with E-state index >= 15 is 0 Å². The van der Waals surface area contributed by atoms with Crippen LogP contribution in [0.5, 0.6) is 0 Å². The third-order valence-corrected chi connectivity index (χ3v) is 4.77. The monoisotopic (exact) mass is 282 g/mol. The minimum Gasteiger partial charge on any atom is -0.462 e. The standard InChI is InChI=1S/C14H22N2O2S/c1-5-18-13(17)11-9(2)16-19-12(11)15-10-7-6-8-14(10,3)4/h10,15H,5-8H2,1-4H3. The molecule has 1 fully saturated rings. The van der Waals surface area contributed by atoms with Crippen molar-refractivity contribution in [2.24, 2.45) is 5.41 Å². The number of carbonyl (C=O) groups excluding carboxylic acids is 1. The van der Waals surface area contributed by atoms with Crippen LogP contribution < -0.4 is 5.32 Å². The predicted molar refractivity (Wildman–Crippen MR) is 77.9 cm³/mol. The van der Waals surface area contributed by atoms with Crippen LogP contribution in [0.3, 0.4) is 0 Å². The third-order valence-electron chi connectivity index (χ3n) is 3.90. The van der Waals surface area contributed by atoms with Gasteiger partial charge in [-0.05, 0) is 43.6 Å². The van der Waals surface area contributed by atoms with Gasteiger partial charge in [0.05, 0.1) is 12.3 Å². The summed E-state index contributed by atoms with van der Waals surface area (Å²) in [4.78, 5) is 12.0. The number of hydrogen-bond acceptors (Lipinski definition) is 5. The smallest absolute Gasteiger partial charge is 0.343 e. The lowest BCUT2D eigenvalue weighted by Crippen LogP contribution is -2.31. The molecule has 1 aliphatic rings. The zero-order valence-corrected chi connectivity index (χ0v) is 12.9. The molecule has 2 rings (SSSR count). The zero-order valence-electron chi connectivity index (χ0n) is 12.1. The third kappa shape index (κ3) is 2.91. The molecule has 4 nitrogen and oxygen atoms in total. The number of aryl methyl sites for hydroxylation is 1. The van der Waals surface area contributed by atoms with Gasteiger partial charge in [-0.25, -0.2) is 4.79 Å². The van der Waals surface area contributed by atoms with Gasteiger partial charge in [-0.1, -0.05) is 20.3 Å². The van der Waals surface area contributed by atoms with Gasteiger partial charge in [0.1, 0.15) is 10.6 Å². The van der Waals surface area contributed by atoms with Crippen molar-refractivity contribution in [1.29, 1.82) is 0 Å². The highest BCUT2D eigenvalue weighted by Crippen LogP contribution is 2.40. The Kier molecular flexibility index (Phi) is 4.13. The molecule has 0 saturated heterocycles. The number of ether oxygens (including phenoxy) is 1. The van der Waals surface area contributed by atoms with Crippen LogP contribution in [0.4, 0.5) is 5.00 Å². The average Bonchev–Trinajstić information content (AvgIpc) is 2.84. The van der Waals surface area contributed by atoms with Crippen molar-refractivity contribution in [1.82, 2.24) is 4.37 Å². The Labute approximate surface area is 118 Å². The number of rotatable bonds is 4. The van der Waals surface area contributed by atoms with E-state index in [2.05, 4.69) is 23.5 Å². The molecule has 5 heteroatoms. The Hall–Kier alpha value is -1.10. The second-order valence-corrected chi connectivity index (χ2v) is 6.54. The lowest BCUT2D eigenvalue weighted by molar-refractivity contribution is 0.0526. The fraction of sp³-hybridized carbons (Fsp3) is 0.714. The summed E-state index contributed by atoms with van der Waals surface area (Å²) in [6, 6.07) is 0.403. The van der Waals surface area contributed by atoms with Crippen LogP contribution in [0.1, 0.15) is 56.1 Å². The Morgan fingerprint density at radius 1 is 1.58 bits per heavy atom. The first-order valence-electron chi connectivity index (χ1n) is 6.85. The lowest BCUT2D eigenvalue weighted by atomic mass is 9.87. The first-order chi connectivity index (χ1) is 8.95. The highest BCUT2D eigenvalue weighted by molar-refractivity contribution is 7.10. The van der Waals surface area contributed by atoms with Gasteiger partial charge in [0.25, 0.3) is 0 Å². The van der Waals surface area contributed by atoms with Gasteiger partial charge in [-0.3, -0.25) is 0 Å². The Morgan fingerprint density at radius 3 is 2.89 bits per heavy atom. The molecule has 1 N–H and O–H groups in total. The summed E-state index contributed by atoms with van der Waals surface area (Å²) in [7, 11) is 0. The fourth-order valence-corrected chi connectivity index (χ4v) is 3.50. The number of nitrogens with zero attached hydrogens (tertiary/aromatic N) is 1. The molecule has 1 aromatic rings. The lowest BCUT2D eigenvalue weighted by Gasteiger charge is -2.28. The largest absolute Gasteiger partial charge is 0.462 e. The molecule has 1 aromatic heterocycles. The number of anilines is 1. The van der Waals surface area contributed by atoms with Crippen LogP contribution in [-0.2, 0) is 4.74 Å². The van der Waals surface area contributed by atoms with Gasteiger partial charge in [-0.15, -0.1) is 0 Å². The van der Waals surface area contributed by atoms with Crippen molar-refractivity contribution in [3.8, 4) is 0 Å². The minimum atomic E-state index is -0.271. The summed E-state index contributed by atoms with van der Waals surface area (Å²) in [5.74, 6) is -0.271. The van der Waals surface area contributed by atoms with E-state index in [9.17, 15) is 4.79 Å². The summed E-state index contributed by atoms with van der Waals surface area (Å²) in [6.07, 6.45) is 3.60. The molecular weight excluding hydrogens is 260 g/mol. The summed E-state index contributed by atoms with van der Waals surface area (Å²) < 4.78 is 9.40. The highest BCUT2D eigenvalue weighted by atomic mass is 32.1. The van der Waals surface area contributed by atoms with Crippen molar-refractivity contribution in [2.75, 3.05) is 11.9 Å². The van der Waals surface area contributed by atoms with Crippen LogP contribution in [0.25, 0.3) is 0 Å². The van der Waals surface area contributed by atoms with E-state index in [4.69, 9.17) is 4.74 Å². The molecule has 0 radical (unpaired) electrons. The molecule has 1 aliphatic carbocycles. The highest BCUT2D eigenvalue weighted by Gasteiger charge is 2.35. The van der Waals surface area contributed by atoms with E-state index in [-0.39, 0.29) is 11.4 Å². The van der Waals surface area contributed by atoms with Crippen LogP contribution in [0.2, 0.25) is 0 Å². The zero-order chi connectivity index (χ0) is 14.0. The number of nitrogens with one attached hydrogen (secondary N) is 1. The summed E-state index contributed by atoms with van der Waals surface area (Å²) in [6.45, 7) is 8.61. The SMILES string of the molecule is CCOC(=O)c1c(C)nsc1NC1CCCC1(C)C. The van der Waals surface area contributed by atoms with Crippen molar-refractivity contribution in [2.45, 2.75) is 53.0 Å². The van der Waals surface area contributed by atoms with Crippen LogP contribution in [0, 0.1) is 12.3 Å². The first-order valence-corrected chi connectivity index (χ1v) is 7.63. The molecule has 1 saturated carbocycles. The van der Waals surface area contributed by atoms with Crippen LogP contribution >= 0.6 is 11.5 Å². The molecule has 0 bridgehead atoms. The van der Waals surface area contributed by atoms with E-state index in [1.807, 2.05) is 13.8 Å². The summed E-state index contributed by atoms with van der Waals surface area (Å²) >= 11 is 1.36. The normalized spacial score (nSPS) is 21.4. The average molecular weight is 282 g/mol. The maximum Gasteiger partial charge on any atom is 0.343 e. The topological polar surface area (TPSA) is 51.2 Å². The number of hydrogen-bond donors (Lipinski definition) is 1. The molecule has 0 spiro atoms. The number of aromatic nitrogens is 1. The van der Waals surface area contributed by atoms with E-state index in [1.165, 1.54) is 24.4 Å². The van der Waals surface area contributed by atoms with Gasteiger partial charge in [0.2, 0.25) is 0 Å². The molecule has 0 aliphatic heterocycles. The Morgan fingerprint density at radius 2 is 2.32 bits per heavy atom. The van der Waals surface area contributed by atoms with Gasteiger partial charge in [0, 0.05) is 6.04 Å². The van der Waals surface area contributed by atoms with E-state index in [1.54, 1.807) is 0 Å². The van der Waals surface area contributed by atoms with Gasteiger partial charge in [-0.2, -0.15) is 4.37 Å². The van der Waals surface area contributed by atoms with E-state index < -0.39 is 0 Å². The summed E-state index contributed by atoms with van der Waals surface area (Å²) in [5.41, 5.74) is 1.63. The fourth-order valence-electron chi connectivity index (χ4n) is 2.66. The predicted octanol–water partition coefficient (Wildman–Crippen LogP) is 3.62. The maximum atomic E-state index is 12.0. The van der Waals surface area contributed by atoms with Gasteiger partial charge >= 0.3 is 5.97 Å². The molecule has 0 amide bonds. The van der Waals surface area contributed by atoms with Crippen molar-refractivity contribution in [3.63, 3.8) is 0 Å². The minimum absolute atomic E-state index is 0.268. The van der Waals surface area contributed by atoms with E-state index in [0.29, 0.717) is 18.2 Å². The van der Waals surface area contributed by atoms with Crippen molar-refractivity contribution in [3.05, 3.63) is 11.3 Å². The molecule has 0 aromatic carbocycles. The van der Waals surface area contributed by atoms with Gasteiger partial charge in [0.15, 0.2) is 0 Å². The molecule has 1 unspecified atom stereocenters. The Balaban J connectivity index is 2.19. The van der Waals surface area contributed by atoms with E-state index in [0.717, 1.165) is 17.1 Å². The van der Waals surface area contributed by atoms with Crippen LogP contribution in [-0.4, -0.2) is 23.0 Å². The van der Waals surface area contributed by atoms with Crippen molar-refractivity contribution < 1.29 is 9.53 Å². The first kappa shape index (κ1) is 14.3. The van der Waals surface area contributed by atoms with Crippen molar-refractivity contribution >= 4 is 22.5 Å². The second kappa shape index (κ2) is 5.49. The molecule has 19 heavy (non-hydrogen) atoms. The molecular formula is C14H22N2O2S. The molecule has 106 valence electrons. The second-order valence-electron chi connectivity index (χ2n) is 5.77. The maximum absolute atomic E-state index is 12.0.